The van der Waals surface area contributed by atoms with Gasteiger partial charge < -0.3 is 19.5 Å². The number of urea groups is 1. The van der Waals surface area contributed by atoms with Crippen LogP contribution in [0.4, 0.5) is 10.5 Å². The number of rotatable bonds is 5. The largest absolute Gasteiger partial charge is 0.495 e. The predicted octanol–water partition coefficient (Wildman–Crippen LogP) is 4.29. The molecule has 0 spiro atoms. The molecule has 2 aromatic heterocycles. The molecule has 1 aromatic carbocycles. The molecule has 4 rings (SSSR count). The van der Waals surface area contributed by atoms with Gasteiger partial charge in [-0.15, -0.1) is 0 Å². The van der Waals surface area contributed by atoms with Gasteiger partial charge in [0, 0.05) is 30.5 Å². The Morgan fingerprint density at radius 3 is 3.11 bits per heavy atom. The van der Waals surface area contributed by atoms with Crippen LogP contribution < -0.4 is 10.1 Å². The van der Waals surface area contributed by atoms with E-state index in [1.54, 1.807) is 18.4 Å². The third-order valence-electron chi connectivity index (χ3n) is 4.87. The van der Waals surface area contributed by atoms with Gasteiger partial charge in [0.2, 0.25) is 11.7 Å². The van der Waals surface area contributed by atoms with Crippen LogP contribution in [0.3, 0.4) is 0 Å². The quantitative estimate of drug-likeness (QED) is 0.693. The molecule has 1 fully saturated rings. The molecule has 146 valence electrons. The lowest BCUT2D eigenvalue weighted by molar-refractivity contribution is 0.173. The topological polar surface area (TPSA) is 80.5 Å². The summed E-state index contributed by atoms with van der Waals surface area (Å²) in [6, 6.07) is 9.28. The Morgan fingerprint density at radius 1 is 1.39 bits per heavy atom. The van der Waals surface area contributed by atoms with Crippen molar-refractivity contribution in [1.29, 1.82) is 0 Å². The minimum Gasteiger partial charge on any atom is -0.495 e. The van der Waals surface area contributed by atoms with Gasteiger partial charge in [-0.1, -0.05) is 17.3 Å². The number of hydrogen-bond donors (Lipinski definition) is 1. The summed E-state index contributed by atoms with van der Waals surface area (Å²) in [5.41, 5.74) is 1.65. The van der Waals surface area contributed by atoms with Crippen LogP contribution >= 0.6 is 11.3 Å². The van der Waals surface area contributed by atoms with Gasteiger partial charge in [0.15, 0.2) is 0 Å². The highest BCUT2D eigenvalue weighted by molar-refractivity contribution is 7.08. The molecule has 1 aliphatic heterocycles. The average Bonchev–Trinajstić information content (AvgIpc) is 3.40. The van der Waals surface area contributed by atoms with Crippen molar-refractivity contribution in [2.24, 2.45) is 5.92 Å². The molecule has 0 bridgehead atoms. The van der Waals surface area contributed by atoms with Crippen molar-refractivity contribution in [2.45, 2.75) is 19.3 Å². The van der Waals surface area contributed by atoms with E-state index in [4.69, 9.17) is 9.26 Å². The van der Waals surface area contributed by atoms with Crippen LogP contribution in [0, 0.1) is 5.92 Å². The van der Waals surface area contributed by atoms with Crippen LogP contribution in [-0.2, 0) is 6.42 Å². The predicted molar refractivity (Wildman–Crippen MR) is 108 cm³/mol. The van der Waals surface area contributed by atoms with E-state index in [0.29, 0.717) is 42.0 Å². The average molecular weight is 398 g/mol. The van der Waals surface area contributed by atoms with Gasteiger partial charge >= 0.3 is 6.03 Å². The maximum absolute atomic E-state index is 12.7. The summed E-state index contributed by atoms with van der Waals surface area (Å²) in [6.45, 7) is 1.40. The van der Waals surface area contributed by atoms with Gasteiger partial charge in [-0.3, -0.25) is 0 Å². The molecule has 28 heavy (non-hydrogen) atoms. The number of hydrogen-bond acceptors (Lipinski definition) is 6. The monoisotopic (exact) mass is 398 g/mol. The maximum Gasteiger partial charge on any atom is 0.321 e. The van der Waals surface area contributed by atoms with Gasteiger partial charge in [-0.25, -0.2) is 4.79 Å². The maximum atomic E-state index is 12.7. The fourth-order valence-corrected chi connectivity index (χ4v) is 4.09. The highest BCUT2D eigenvalue weighted by Gasteiger charge is 2.26. The summed E-state index contributed by atoms with van der Waals surface area (Å²) >= 11 is 1.60. The standard InChI is InChI=1S/C20H22N4O3S/c1-26-17-7-3-2-6-16(17)21-20(25)24-9-4-5-14(12-24)11-18-22-19(23-27-18)15-8-10-28-13-15/h2-3,6-8,10,13-14H,4-5,9,11-12H2,1H3,(H,21,25)/t14-/m1/s1. The smallest absolute Gasteiger partial charge is 0.321 e. The second-order valence-electron chi connectivity index (χ2n) is 6.81. The molecule has 1 N–H and O–H groups in total. The van der Waals surface area contributed by atoms with Crippen molar-refractivity contribution in [2.75, 3.05) is 25.5 Å². The highest BCUT2D eigenvalue weighted by atomic mass is 32.1. The molecule has 1 atom stereocenters. The lowest BCUT2D eigenvalue weighted by Gasteiger charge is -2.32. The molecule has 1 aliphatic rings. The summed E-state index contributed by atoms with van der Waals surface area (Å²) in [5, 5.41) is 11.0. The van der Waals surface area contributed by atoms with E-state index in [0.717, 1.165) is 24.9 Å². The zero-order valence-electron chi connectivity index (χ0n) is 15.6. The highest BCUT2D eigenvalue weighted by Crippen LogP contribution is 2.26. The second-order valence-corrected chi connectivity index (χ2v) is 7.59. The summed E-state index contributed by atoms with van der Waals surface area (Å²) in [7, 11) is 1.59. The summed E-state index contributed by atoms with van der Waals surface area (Å²) in [6.07, 6.45) is 2.67. The first kappa shape index (κ1) is 18.5. The SMILES string of the molecule is COc1ccccc1NC(=O)N1CCC[C@H](Cc2nc(-c3ccsc3)no2)C1. The number of carbonyl (C=O) groups excluding carboxylic acids is 1. The molecule has 2 amide bonds. The fourth-order valence-electron chi connectivity index (χ4n) is 3.45. The number of methoxy groups -OCH3 is 1. The Balaban J connectivity index is 1.37. The van der Waals surface area contributed by atoms with E-state index in [1.807, 2.05) is 46.0 Å². The van der Waals surface area contributed by atoms with Gasteiger partial charge in [-0.2, -0.15) is 16.3 Å². The van der Waals surface area contributed by atoms with Crippen LogP contribution in [0.1, 0.15) is 18.7 Å². The van der Waals surface area contributed by atoms with Crippen LogP contribution in [0.25, 0.3) is 11.4 Å². The van der Waals surface area contributed by atoms with Gasteiger partial charge in [0.25, 0.3) is 0 Å². The lowest BCUT2D eigenvalue weighted by Crippen LogP contribution is -2.42. The number of carbonyl (C=O) groups is 1. The van der Waals surface area contributed by atoms with Crippen molar-refractivity contribution >= 4 is 23.1 Å². The van der Waals surface area contributed by atoms with Crippen LogP contribution in [0.2, 0.25) is 0 Å². The number of anilines is 1. The van der Waals surface area contributed by atoms with E-state index in [-0.39, 0.29) is 6.03 Å². The number of nitrogens with zero attached hydrogens (tertiary/aromatic N) is 3. The number of ether oxygens (including phenoxy) is 1. The van der Waals surface area contributed by atoms with Crippen molar-refractivity contribution in [3.63, 3.8) is 0 Å². The molecule has 0 aliphatic carbocycles. The van der Waals surface area contributed by atoms with E-state index >= 15 is 0 Å². The molecule has 8 heteroatoms. The Kier molecular flexibility index (Phi) is 5.57. The molecule has 3 heterocycles. The van der Waals surface area contributed by atoms with Gasteiger partial charge in [0.05, 0.1) is 12.8 Å². The molecule has 1 saturated heterocycles. The van der Waals surface area contributed by atoms with Crippen molar-refractivity contribution < 1.29 is 14.1 Å². The summed E-state index contributed by atoms with van der Waals surface area (Å²) in [4.78, 5) is 19.0. The first-order valence-electron chi connectivity index (χ1n) is 9.27. The summed E-state index contributed by atoms with van der Waals surface area (Å²) < 4.78 is 10.7. The molecular formula is C20H22N4O3S. The van der Waals surface area contributed by atoms with Crippen LogP contribution in [0.15, 0.2) is 45.6 Å². The van der Waals surface area contributed by atoms with Gasteiger partial charge in [0.1, 0.15) is 5.75 Å². The van der Waals surface area contributed by atoms with Crippen LogP contribution in [0.5, 0.6) is 5.75 Å². The first-order chi connectivity index (χ1) is 13.7. The number of para-hydroxylation sites is 2. The van der Waals surface area contributed by atoms with E-state index in [9.17, 15) is 4.79 Å². The Hall–Kier alpha value is -2.87. The zero-order valence-corrected chi connectivity index (χ0v) is 16.4. The molecule has 0 radical (unpaired) electrons. The molecule has 7 nitrogen and oxygen atoms in total. The molecule has 3 aromatic rings. The van der Waals surface area contributed by atoms with Gasteiger partial charge in [-0.05, 0) is 42.3 Å². The number of aromatic nitrogens is 2. The molecular weight excluding hydrogens is 376 g/mol. The number of benzene rings is 1. The van der Waals surface area contributed by atoms with Crippen LogP contribution in [-0.4, -0.2) is 41.3 Å². The number of thiophene rings is 1. The number of amides is 2. The summed E-state index contributed by atoms with van der Waals surface area (Å²) in [5.74, 6) is 2.19. The first-order valence-corrected chi connectivity index (χ1v) is 10.2. The number of nitrogens with one attached hydrogen (secondary N) is 1. The second kappa shape index (κ2) is 8.43. The van der Waals surface area contributed by atoms with E-state index < -0.39 is 0 Å². The van der Waals surface area contributed by atoms with Crippen molar-refractivity contribution in [1.82, 2.24) is 15.0 Å². The van der Waals surface area contributed by atoms with Crippen molar-refractivity contribution in [3.8, 4) is 17.1 Å². The lowest BCUT2D eigenvalue weighted by atomic mass is 9.95. The van der Waals surface area contributed by atoms with E-state index in [1.165, 1.54) is 0 Å². The third kappa shape index (κ3) is 4.17. The zero-order chi connectivity index (χ0) is 19.3. The minimum atomic E-state index is -0.112. The minimum absolute atomic E-state index is 0.112. The number of piperidine rings is 1. The molecule has 0 unspecified atom stereocenters. The fraction of sp³-hybridized carbons (Fsp3) is 0.350. The normalized spacial score (nSPS) is 16.8. The Bertz CT molecular complexity index is 925. The van der Waals surface area contributed by atoms with Crippen molar-refractivity contribution in [3.05, 3.63) is 47.0 Å². The third-order valence-corrected chi connectivity index (χ3v) is 5.55. The van der Waals surface area contributed by atoms with E-state index in [2.05, 4.69) is 15.5 Å². The number of likely N-dealkylation sites (tertiary alicyclic amines) is 1. The Morgan fingerprint density at radius 2 is 2.29 bits per heavy atom. The molecule has 0 saturated carbocycles. The Labute approximate surface area is 167 Å².